The van der Waals surface area contributed by atoms with Gasteiger partial charge in [-0.15, -0.1) is 13.2 Å². The molecule has 146 valence electrons. The molecular weight excluding hydrogens is 348 g/mol. The number of benzene rings is 1. The minimum absolute atomic E-state index is 0.102. The third kappa shape index (κ3) is 7.97. The summed E-state index contributed by atoms with van der Waals surface area (Å²) in [5.74, 6) is -0.266. The summed E-state index contributed by atoms with van der Waals surface area (Å²) in [6, 6.07) is 5.50. The van der Waals surface area contributed by atoms with Crippen LogP contribution in [0.25, 0.3) is 0 Å². The molecule has 0 unspecified atom stereocenters. The van der Waals surface area contributed by atoms with Crippen molar-refractivity contribution >= 4 is 12.6 Å². The van der Waals surface area contributed by atoms with Gasteiger partial charge in [0.2, 0.25) is 0 Å². The van der Waals surface area contributed by atoms with E-state index >= 15 is 0 Å². The van der Waals surface area contributed by atoms with Gasteiger partial charge in [-0.25, -0.2) is 0 Å². The number of hydrogen-bond donors (Lipinski definition) is 0. The molecule has 26 heavy (non-hydrogen) atoms. The van der Waals surface area contributed by atoms with E-state index in [0.29, 0.717) is 25.3 Å². The first-order valence-electron chi connectivity index (χ1n) is 9.18. The molecule has 0 N–H and O–H groups in total. The van der Waals surface area contributed by atoms with Crippen LogP contribution in [0.5, 0.6) is 5.75 Å². The number of halogens is 3. The van der Waals surface area contributed by atoms with Crippen molar-refractivity contribution in [1.82, 2.24) is 0 Å². The van der Waals surface area contributed by atoms with Gasteiger partial charge in [-0.05, 0) is 24.0 Å². The maximum atomic E-state index is 12.2. The van der Waals surface area contributed by atoms with Crippen LogP contribution in [0.4, 0.5) is 13.2 Å². The fourth-order valence-electron chi connectivity index (χ4n) is 2.73. The van der Waals surface area contributed by atoms with E-state index in [2.05, 4.69) is 11.7 Å². The van der Waals surface area contributed by atoms with Gasteiger partial charge in [0.25, 0.3) is 0 Å². The summed E-state index contributed by atoms with van der Waals surface area (Å²) in [4.78, 5) is 0. The second-order valence-corrected chi connectivity index (χ2v) is 6.38. The van der Waals surface area contributed by atoms with Crippen molar-refractivity contribution in [2.75, 3.05) is 19.8 Å². The Labute approximate surface area is 153 Å². The van der Waals surface area contributed by atoms with Crippen LogP contribution in [0.3, 0.4) is 0 Å². The highest BCUT2D eigenvalue weighted by atomic mass is 19.4. The Kier molecular flexibility index (Phi) is 8.74. The molecule has 1 aromatic rings. The summed E-state index contributed by atoms with van der Waals surface area (Å²) in [5, 5.41) is 0. The van der Waals surface area contributed by atoms with Crippen LogP contribution in [-0.4, -0.2) is 39.4 Å². The molecule has 0 aromatic heterocycles. The zero-order valence-corrected chi connectivity index (χ0v) is 15.1. The molecular formula is C18H26BF3O4. The van der Waals surface area contributed by atoms with Crippen molar-refractivity contribution < 1.29 is 32.0 Å². The quantitative estimate of drug-likeness (QED) is 0.457. The summed E-state index contributed by atoms with van der Waals surface area (Å²) in [7, 11) is -0.594. The monoisotopic (exact) mass is 374 g/mol. The molecule has 1 aliphatic rings. The highest BCUT2D eigenvalue weighted by molar-refractivity contribution is 6.61. The zero-order valence-electron chi connectivity index (χ0n) is 15.1. The largest absolute Gasteiger partial charge is 0.573 e. The van der Waals surface area contributed by atoms with Crippen LogP contribution in [0, 0.1) is 0 Å². The predicted octanol–water partition coefficient (Wildman–Crippen LogP) is 4.07. The van der Waals surface area contributed by atoms with E-state index in [0.717, 1.165) is 6.42 Å². The molecule has 1 fully saturated rings. The van der Waals surface area contributed by atoms with Gasteiger partial charge >= 0.3 is 13.5 Å². The Morgan fingerprint density at radius 3 is 2.23 bits per heavy atom. The average molecular weight is 374 g/mol. The maximum absolute atomic E-state index is 12.2. The number of hydrogen-bond acceptors (Lipinski definition) is 4. The second-order valence-electron chi connectivity index (χ2n) is 6.38. The number of unbranched alkanes of at least 4 members (excludes halogenated alkanes) is 5. The average Bonchev–Trinajstić information content (AvgIpc) is 2.61. The summed E-state index contributed by atoms with van der Waals surface area (Å²) < 4.78 is 57.3. The Bertz CT molecular complexity index is 502. The standard InChI is InChI=1S/C18H26BF3O4/c1-2-3-4-5-6-7-12-23-17-13-24-19(25-14-17)15-8-10-16(11-9-15)26-18(20,21)22/h8-11,17H,2-7,12-14H2,1H3. The molecule has 8 heteroatoms. The van der Waals surface area contributed by atoms with E-state index in [1.165, 1.54) is 56.4 Å². The normalized spacial score (nSPS) is 16.1. The van der Waals surface area contributed by atoms with Crippen molar-refractivity contribution in [1.29, 1.82) is 0 Å². The molecule has 0 saturated carbocycles. The zero-order chi connectivity index (χ0) is 18.8. The lowest BCUT2D eigenvalue weighted by Gasteiger charge is -2.27. The highest BCUT2D eigenvalue weighted by Gasteiger charge is 2.32. The summed E-state index contributed by atoms with van der Waals surface area (Å²) in [5.41, 5.74) is 0.647. The molecule has 1 saturated heterocycles. The fraction of sp³-hybridized carbons (Fsp3) is 0.667. The molecule has 0 atom stereocenters. The predicted molar refractivity (Wildman–Crippen MR) is 93.5 cm³/mol. The third-order valence-electron chi connectivity index (χ3n) is 4.10. The first-order valence-corrected chi connectivity index (χ1v) is 9.18. The topological polar surface area (TPSA) is 36.9 Å². The SMILES string of the molecule is CCCCCCCCOC1COB(c2ccc(OC(F)(F)F)cc2)OC1. The van der Waals surface area contributed by atoms with Crippen LogP contribution in [0.15, 0.2) is 24.3 Å². The molecule has 0 amide bonds. The molecule has 2 rings (SSSR count). The van der Waals surface area contributed by atoms with Crippen LogP contribution in [0.1, 0.15) is 45.4 Å². The van der Waals surface area contributed by atoms with Gasteiger partial charge in [-0.3, -0.25) is 0 Å². The number of rotatable bonds is 10. The highest BCUT2D eigenvalue weighted by Crippen LogP contribution is 2.21. The first-order chi connectivity index (χ1) is 12.5. The fourth-order valence-corrected chi connectivity index (χ4v) is 2.73. The first kappa shape index (κ1) is 21.1. The Morgan fingerprint density at radius 1 is 1.00 bits per heavy atom. The summed E-state index contributed by atoms with van der Waals surface area (Å²) >= 11 is 0. The van der Waals surface area contributed by atoms with Gasteiger partial charge in [0.1, 0.15) is 11.9 Å². The van der Waals surface area contributed by atoms with E-state index in [9.17, 15) is 13.2 Å². The lowest BCUT2D eigenvalue weighted by atomic mass is 9.78. The molecule has 1 heterocycles. The van der Waals surface area contributed by atoms with Gasteiger partial charge in [-0.1, -0.05) is 51.2 Å². The van der Waals surface area contributed by atoms with Crippen molar-refractivity contribution in [3.05, 3.63) is 24.3 Å². The molecule has 0 bridgehead atoms. The Morgan fingerprint density at radius 2 is 1.62 bits per heavy atom. The van der Waals surface area contributed by atoms with Gasteiger partial charge < -0.3 is 18.8 Å². The van der Waals surface area contributed by atoms with E-state index in [1.54, 1.807) is 0 Å². The Hall–Kier alpha value is -1.25. The van der Waals surface area contributed by atoms with Crippen molar-refractivity contribution in [3.63, 3.8) is 0 Å². The van der Waals surface area contributed by atoms with Gasteiger partial charge in [0.15, 0.2) is 0 Å². The molecule has 0 aliphatic carbocycles. The van der Waals surface area contributed by atoms with Crippen LogP contribution >= 0.6 is 0 Å². The second kappa shape index (κ2) is 10.8. The Balaban J connectivity index is 1.63. The van der Waals surface area contributed by atoms with E-state index in [4.69, 9.17) is 14.0 Å². The van der Waals surface area contributed by atoms with Gasteiger partial charge in [-0.2, -0.15) is 0 Å². The smallest absolute Gasteiger partial charge is 0.406 e. The third-order valence-corrected chi connectivity index (χ3v) is 4.10. The van der Waals surface area contributed by atoms with Crippen molar-refractivity contribution in [3.8, 4) is 5.75 Å². The van der Waals surface area contributed by atoms with Crippen molar-refractivity contribution in [2.45, 2.75) is 57.9 Å². The number of alkyl halides is 3. The van der Waals surface area contributed by atoms with Crippen LogP contribution in [0.2, 0.25) is 0 Å². The minimum Gasteiger partial charge on any atom is -0.406 e. The molecule has 0 spiro atoms. The lowest BCUT2D eigenvalue weighted by molar-refractivity contribution is -0.274. The molecule has 1 aromatic carbocycles. The summed E-state index contributed by atoms with van der Waals surface area (Å²) in [6.45, 7) is 3.70. The number of ether oxygens (including phenoxy) is 2. The van der Waals surface area contributed by atoms with Crippen LogP contribution in [-0.2, 0) is 14.0 Å². The maximum Gasteiger partial charge on any atom is 0.573 e. The van der Waals surface area contributed by atoms with Crippen LogP contribution < -0.4 is 10.2 Å². The van der Waals surface area contributed by atoms with E-state index < -0.39 is 13.5 Å². The minimum atomic E-state index is -4.69. The van der Waals surface area contributed by atoms with Gasteiger partial charge in [0, 0.05) is 6.61 Å². The molecule has 4 nitrogen and oxygen atoms in total. The lowest BCUT2D eigenvalue weighted by Crippen LogP contribution is -2.47. The van der Waals surface area contributed by atoms with E-state index in [-0.39, 0.29) is 11.9 Å². The van der Waals surface area contributed by atoms with E-state index in [1.807, 2.05) is 0 Å². The molecule has 0 radical (unpaired) electrons. The summed E-state index contributed by atoms with van der Waals surface area (Å²) in [6.07, 6.45) is 2.46. The molecule has 1 aliphatic heterocycles. The van der Waals surface area contributed by atoms with Gasteiger partial charge in [0.05, 0.1) is 13.2 Å². The van der Waals surface area contributed by atoms with Crippen molar-refractivity contribution in [2.24, 2.45) is 0 Å².